The van der Waals surface area contributed by atoms with Gasteiger partial charge in [-0.25, -0.2) is 9.97 Å². The molecule has 2 heterocycles. The minimum atomic E-state index is -0.0864. The summed E-state index contributed by atoms with van der Waals surface area (Å²) in [4.78, 5) is 23.4. The minimum absolute atomic E-state index is 0.0864. The number of anilines is 1. The molecule has 0 radical (unpaired) electrons. The van der Waals surface area contributed by atoms with Crippen molar-refractivity contribution in [2.45, 2.75) is 70.4 Å². The highest BCUT2D eigenvalue weighted by Crippen LogP contribution is 2.24. The lowest BCUT2D eigenvalue weighted by Gasteiger charge is -2.35. The maximum absolute atomic E-state index is 12.2. The lowest BCUT2D eigenvalue weighted by molar-refractivity contribution is 0.0932. The molecule has 1 atom stereocenters. The van der Waals surface area contributed by atoms with Crippen LogP contribution in [0.2, 0.25) is 0 Å². The number of rotatable bonds is 4. The van der Waals surface area contributed by atoms with Gasteiger partial charge in [0.1, 0.15) is 11.5 Å². The summed E-state index contributed by atoms with van der Waals surface area (Å²) in [6.07, 6.45) is 12.8. The summed E-state index contributed by atoms with van der Waals surface area (Å²) in [5.41, 5.74) is 0.431. The fourth-order valence-corrected chi connectivity index (χ4v) is 3.64. The summed E-state index contributed by atoms with van der Waals surface area (Å²) >= 11 is 0. The zero-order chi connectivity index (χ0) is 15.4. The van der Waals surface area contributed by atoms with Crippen LogP contribution in [0.15, 0.2) is 12.4 Å². The summed E-state index contributed by atoms with van der Waals surface area (Å²) in [6, 6.07) is 0.877. The molecule has 0 spiro atoms. The van der Waals surface area contributed by atoms with Gasteiger partial charge in [0, 0.05) is 18.6 Å². The van der Waals surface area contributed by atoms with Crippen LogP contribution in [0.1, 0.15) is 68.8 Å². The van der Waals surface area contributed by atoms with Crippen LogP contribution in [-0.4, -0.2) is 34.5 Å². The fourth-order valence-electron chi connectivity index (χ4n) is 3.64. The van der Waals surface area contributed by atoms with Crippen molar-refractivity contribution in [2.24, 2.45) is 0 Å². The largest absolute Gasteiger partial charge is 0.352 e. The van der Waals surface area contributed by atoms with Crippen LogP contribution in [0.4, 0.5) is 5.82 Å². The molecule has 1 amide bonds. The number of aromatic nitrogens is 2. The number of hydrogen-bond donors (Lipinski definition) is 1. The first kappa shape index (κ1) is 15.3. The molecular formula is C17H26N4O. The zero-order valence-corrected chi connectivity index (χ0v) is 13.4. The summed E-state index contributed by atoms with van der Waals surface area (Å²) < 4.78 is 0. The lowest BCUT2D eigenvalue weighted by Crippen LogP contribution is -2.40. The van der Waals surface area contributed by atoms with E-state index < -0.39 is 0 Å². The van der Waals surface area contributed by atoms with E-state index in [2.05, 4.69) is 27.1 Å². The molecule has 2 fully saturated rings. The lowest BCUT2D eigenvalue weighted by atomic mass is 10.0. The molecule has 22 heavy (non-hydrogen) atoms. The maximum atomic E-state index is 12.2. The second kappa shape index (κ2) is 7.07. The van der Waals surface area contributed by atoms with E-state index in [1.54, 1.807) is 12.4 Å². The van der Waals surface area contributed by atoms with Crippen molar-refractivity contribution in [3.8, 4) is 0 Å². The smallest absolute Gasteiger partial charge is 0.271 e. The van der Waals surface area contributed by atoms with Gasteiger partial charge in [0.25, 0.3) is 5.91 Å². The Balaban J connectivity index is 1.65. The Morgan fingerprint density at radius 1 is 1.18 bits per heavy atom. The van der Waals surface area contributed by atoms with Gasteiger partial charge in [-0.1, -0.05) is 19.8 Å². The van der Waals surface area contributed by atoms with Crippen molar-refractivity contribution in [3.05, 3.63) is 18.1 Å². The fraction of sp³-hybridized carbons (Fsp3) is 0.706. The standard InChI is InChI=1S/C17H26N4O/c1-2-14-9-5-6-10-21(14)16-12-18-15(11-19-16)17(22)20-13-7-3-4-8-13/h11-14H,2-10H2,1H3,(H,20,22). The number of piperidine rings is 1. The van der Waals surface area contributed by atoms with Crippen molar-refractivity contribution >= 4 is 11.7 Å². The Hall–Kier alpha value is -1.65. The number of amides is 1. The van der Waals surface area contributed by atoms with Crippen molar-refractivity contribution in [1.82, 2.24) is 15.3 Å². The number of carbonyl (C=O) groups excluding carboxylic acids is 1. The zero-order valence-electron chi connectivity index (χ0n) is 13.4. The van der Waals surface area contributed by atoms with Crippen molar-refractivity contribution in [2.75, 3.05) is 11.4 Å². The van der Waals surface area contributed by atoms with Gasteiger partial charge >= 0.3 is 0 Å². The number of nitrogens with one attached hydrogen (secondary N) is 1. The molecule has 1 aliphatic carbocycles. The molecule has 1 aromatic heterocycles. The normalized spacial score (nSPS) is 22.8. The second-order valence-corrected chi connectivity index (χ2v) is 6.47. The summed E-state index contributed by atoms with van der Waals surface area (Å²) in [5.74, 6) is 0.820. The van der Waals surface area contributed by atoms with Gasteiger partial charge < -0.3 is 10.2 Å². The van der Waals surface area contributed by atoms with E-state index in [0.29, 0.717) is 17.8 Å². The third kappa shape index (κ3) is 3.39. The van der Waals surface area contributed by atoms with Gasteiger partial charge in [0.05, 0.1) is 12.4 Å². The molecule has 1 saturated heterocycles. The average Bonchev–Trinajstić information content (AvgIpc) is 3.08. The molecule has 0 bridgehead atoms. The molecule has 1 saturated carbocycles. The van der Waals surface area contributed by atoms with E-state index in [1.165, 1.54) is 32.1 Å². The van der Waals surface area contributed by atoms with Crippen LogP contribution in [0.3, 0.4) is 0 Å². The number of hydrogen-bond acceptors (Lipinski definition) is 4. The van der Waals surface area contributed by atoms with Gasteiger partial charge in [0.15, 0.2) is 0 Å². The molecule has 1 N–H and O–H groups in total. The van der Waals surface area contributed by atoms with E-state index in [9.17, 15) is 4.79 Å². The first-order valence-electron chi connectivity index (χ1n) is 8.67. The highest BCUT2D eigenvalue weighted by molar-refractivity contribution is 5.92. The topological polar surface area (TPSA) is 58.1 Å². The van der Waals surface area contributed by atoms with Crippen LogP contribution in [0.25, 0.3) is 0 Å². The highest BCUT2D eigenvalue weighted by Gasteiger charge is 2.23. The van der Waals surface area contributed by atoms with Crippen molar-refractivity contribution in [1.29, 1.82) is 0 Å². The predicted molar refractivity (Wildman–Crippen MR) is 87.0 cm³/mol. The van der Waals surface area contributed by atoms with Crippen LogP contribution in [0.5, 0.6) is 0 Å². The summed E-state index contributed by atoms with van der Waals surface area (Å²) in [7, 11) is 0. The quantitative estimate of drug-likeness (QED) is 0.929. The molecule has 0 aromatic carbocycles. The van der Waals surface area contributed by atoms with Gasteiger partial charge in [0.2, 0.25) is 0 Å². The molecule has 5 nitrogen and oxygen atoms in total. The molecule has 3 rings (SSSR count). The van der Waals surface area contributed by atoms with E-state index >= 15 is 0 Å². The van der Waals surface area contributed by atoms with E-state index in [1.807, 2.05) is 0 Å². The van der Waals surface area contributed by atoms with Gasteiger partial charge in [-0.05, 0) is 38.5 Å². The number of carbonyl (C=O) groups is 1. The van der Waals surface area contributed by atoms with Crippen LogP contribution < -0.4 is 10.2 Å². The van der Waals surface area contributed by atoms with Gasteiger partial charge in [-0.15, -0.1) is 0 Å². The second-order valence-electron chi connectivity index (χ2n) is 6.47. The number of nitrogens with zero attached hydrogens (tertiary/aromatic N) is 3. The van der Waals surface area contributed by atoms with Gasteiger partial charge in [-0.3, -0.25) is 4.79 Å². The monoisotopic (exact) mass is 302 g/mol. The predicted octanol–water partition coefficient (Wildman–Crippen LogP) is 2.92. The van der Waals surface area contributed by atoms with E-state index in [4.69, 9.17) is 0 Å². The third-order valence-corrected chi connectivity index (χ3v) is 4.95. The SMILES string of the molecule is CCC1CCCCN1c1cnc(C(=O)NC2CCCC2)cn1. The average molecular weight is 302 g/mol. The Bertz CT molecular complexity index is 496. The molecule has 1 aliphatic heterocycles. The van der Waals surface area contributed by atoms with Crippen LogP contribution in [-0.2, 0) is 0 Å². The minimum Gasteiger partial charge on any atom is -0.352 e. The Morgan fingerprint density at radius 2 is 1.95 bits per heavy atom. The molecule has 120 valence electrons. The Labute approximate surface area is 132 Å². The van der Waals surface area contributed by atoms with Gasteiger partial charge in [-0.2, -0.15) is 0 Å². The van der Waals surface area contributed by atoms with Crippen molar-refractivity contribution < 1.29 is 4.79 Å². The third-order valence-electron chi connectivity index (χ3n) is 4.95. The summed E-state index contributed by atoms with van der Waals surface area (Å²) in [5, 5.41) is 3.06. The molecular weight excluding hydrogens is 276 g/mol. The molecule has 1 unspecified atom stereocenters. The Morgan fingerprint density at radius 3 is 2.64 bits per heavy atom. The van der Waals surface area contributed by atoms with Crippen molar-refractivity contribution in [3.63, 3.8) is 0 Å². The molecule has 2 aliphatic rings. The maximum Gasteiger partial charge on any atom is 0.271 e. The van der Waals surface area contributed by atoms with E-state index in [-0.39, 0.29) is 5.91 Å². The highest BCUT2D eigenvalue weighted by atomic mass is 16.1. The first-order chi connectivity index (χ1) is 10.8. The Kier molecular flexibility index (Phi) is 4.90. The molecule has 5 heteroatoms. The van der Waals surface area contributed by atoms with Crippen LogP contribution in [0, 0.1) is 0 Å². The first-order valence-corrected chi connectivity index (χ1v) is 8.67. The molecule has 1 aromatic rings. The summed E-state index contributed by atoms with van der Waals surface area (Å²) in [6.45, 7) is 3.26. The van der Waals surface area contributed by atoms with E-state index in [0.717, 1.165) is 31.6 Å². The van der Waals surface area contributed by atoms with Crippen LogP contribution >= 0.6 is 0 Å².